The first kappa shape index (κ1) is 14.0. The first-order valence-electron chi connectivity index (χ1n) is 5.71. The molecule has 0 spiro atoms. The average Bonchev–Trinajstić information content (AvgIpc) is 2.27. The van der Waals surface area contributed by atoms with Gasteiger partial charge in [0.15, 0.2) is 0 Å². The van der Waals surface area contributed by atoms with Crippen molar-refractivity contribution in [3.05, 3.63) is 29.3 Å². The highest BCUT2D eigenvalue weighted by atomic mass is 16.2. The molecule has 1 unspecified atom stereocenters. The first-order valence-corrected chi connectivity index (χ1v) is 5.71. The second-order valence-corrected chi connectivity index (χ2v) is 4.50. The number of likely N-dealkylation sites (N-methyl/N-ethyl adjacent to an activating group) is 1. The molecule has 0 radical (unpaired) electrons. The van der Waals surface area contributed by atoms with Gasteiger partial charge in [-0.1, -0.05) is 0 Å². The molecule has 5 heteroatoms. The SMILES string of the molecule is Cc1cc(N)ccc1C(=O)NC(C)C(=O)N(C)C. The number of carbonyl (C=O) groups excluding carboxylic acids is 2. The fraction of sp³-hybridized carbons (Fsp3) is 0.385. The van der Waals surface area contributed by atoms with Gasteiger partial charge in [-0.05, 0) is 37.6 Å². The maximum Gasteiger partial charge on any atom is 0.252 e. The summed E-state index contributed by atoms with van der Waals surface area (Å²) in [4.78, 5) is 25.1. The Balaban J connectivity index is 2.80. The minimum atomic E-state index is -0.551. The molecule has 0 heterocycles. The number of amides is 2. The highest BCUT2D eigenvalue weighted by Crippen LogP contribution is 2.12. The predicted octanol–water partition coefficient (Wildman–Crippen LogP) is 0.784. The summed E-state index contributed by atoms with van der Waals surface area (Å²) >= 11 is 0. The first-order chi connectivity index (χ1) is 8.32. The van der Waals surface area contributed by atoms with Crippen molar-refractivity contribution in [3.63, 3.8) is 0 Å². The van der Waals surface area contributed by atoms with Gasteiger partial charge < -0.3 is 16.0 Å². The molecule has 2 amide bonds. The summed E-state index contributed by atoms with van der Waals surface area (Å²) in [5, 5.41) is 2.67. The van der Waals surface area contributed by atoms with E-state index in [-0.39, 0.29) is 11.8 Å². The molecule has 1 atom stereocenters. The van der Waals surface area contributed by atoms with Crippen LogP contribution in [0.5, 0.6) is 0 Å². The van der Waals surface area contributed by atoms with Gasteiger partial charge >= 0.3 is 0 Å². The second-order valence-electron chi connectivity index (χ2n) is 4.50. The number of nitrogens with one attached hydrogen (secondary N) is 1. The quantitative estimate of drug-likeness (QED) is 0.777. The predicted molar refractivity (Wildman–Crippen MR) is 71.2 cm³/mol. The zero-order valence-corrected chi connectivity index (χ0v) is 11.2. The number of rotatable bonds is 3. The zero-order chi connectivity index (χ0) is 13.9. The van der Waals surface area contributed by atoms with Crippen molar-refractivity contribution in [1.29, 1.82) is 0 Å². The number of hydrogen-bond acceptors (Lipinski definition) is 3. The van der Waals surface area contributed by atoms with Crippen molar-refractivity contribution in [3.8, 4) is 0 Å². The normalized spacial score (nSPS) is 11.8. The molecule has 1 aromatic rings. The Labute approximate surface area is 107 Å². The lowest BCUT2D eigenvalue weighted by molar-refractivity contribution is -0.130. The number of aryl methyl sites for hydroxylation is 1. The average molecular weight is 249 g/mol. The van der Waals surface area contributed by atoms with Crippen LogP contribution in [0.4, 0.5) is 5.69 Å². The fourth-order valence-electron chi connectivity index (χ4n) is 1.67. The maximum absolute atomic E-state index is 12.0. The molecule has 1 rings (SSSR count). The van der Waals surface area contributed by atoms with E-state index in [1.807, 2.05) is 6.92 Å². The highest BCUT2D eigenvalue weighted by molar-refractivity contribution is 5.98. The van der Waals surface area contributed by atoms with E-state index >= 15 is 0 Å². The fourth-order valence-corrected chi connectivity index (χ4v) is 1.67. The molecule has 1 aromatic carbocycles. The van der Waals surface area contributed by atoms with Gasteiger partial charge in [0.2, 0.25) is 5.91 Å². The summed E-state index contributed by atoms with van der Waals surface area (Å²) in [6, 6.07) is 4.50. The van der Waals surface area contributed by atoms with Gasteiger partial charge in [0.05, 0.1) is 0 Å². The van der Waals surface area contributed by atoms with Crippen molar-refractivity contribution in [2.45, 2.75) is 19.9 Å². The zero-order valence-electron chi connectivity index (χ0n) is 11.2. The van der Waals surface area contributed by atoms with Crippen molar-refractivity contribution in [2.75, 3.05) is 19.8 Å². The summed E-state index contributed by atoms with van der Waals surface area (Å²) in [6.07, 6.45) is 0. The second kappa shape index (κ2) is 5.53. The van der Waals surface area contributed by atoms with E-state index in [1.54, 1.807) is 39.2 Å². The van der Waals surface area contributed by atoms with Gasteiger partial charge in [-0.2, -0.15) is 0 Å². The minimum absolute atomic E-state index is 0.142. The molecule has 0 aliphatic heterocycles. The molecule has 18 heavy (non-hydrogen) atoms. The third-order valence-corrected chi connectivity index (χ3v) is 2.65. The maximum atomic E-state index is 12.0. The van der Waals surface area contributed by atoms with Crippen LogP contribution in [0.25, 0.3) is 0 Å². The van der Waals surface area contributed by atoms with E-state index in [2.05, 4.69) is 5.32 Å². The van der Waals surface area contributed by atoms with E-state index in [0.717, 1.165) is 5.56 Å². The monoisotopic (exact) mass is 249 g/mol. The van der Waals surface area contributed by atoms with Crippen LogP contribution in [0.2, 0.25) is 0 Å². The standard InChI is InChI=1S/C13H19N3O2/c1-8-7-10(14)5-6-11(8)12(17)15-9(2)13(18)16(3)4/h5-7,9H,14H2,1-4H3,(H,15,17). The van der Waals surface area contributed by atoms with Crippen LogP contribution >= 0.6 is 0 Å². The Morgan fingerprint density at radius 2 is 1.94 bits per heavy atom. The molecule has 5 nitrogen and oxygen atoms in total. The van der Waals surface area contributed by atoms with Crippen LogP contribution < -0.4 is 11.1 Å². The van der Waals surface area contributed by atoms with Crippen molar-refractivity contribution in [2.24, 2.45) is 0 Å². The van der Waals surface area contributed by atoms with E-state index in [1.165, 1.54) is 4.90 Å². The largest absolute Gasteiger partial charge is 0.399 e. The summed E-state index contributed by atoms with van der Waals surface area (Å²) in [5.41, 5.74) is 7.56. The highest BCUT2D eigenvalue weighted by Gasteiger charge is 2.18. The number of anilines is 1. The van der Waals surface area contributed by atoms with Crippen LogP contribution in [-0.4, -0.2) is 36.9 Å². The number of nitrogen functional groups attached to an aromatic ring is 1. The number of hydrogen-bond donors (Lipinski definition) is 2. The third kappa shape index (κ3) is 3.23. The smallest absolute Gasteiger partial charge is 0.252 e. The van der Waals surface area contributed by atoms with Gasteiger partial charge in [0, 0.05) is 25.3 Å². The number of nitrogens with zero attached hydrogens (tertiary/aromatic N) is 1. The molecule has 0 bridgehead atoms. The Kier molecular flexibility index (Phi) is 4.31. The third-order valence-electron chi connectivity index (χ3n) is 2.65. The lowest BCUT2D eigenvalue weighted by Crippen LogP contribution is -2.44. The molecule has 0 saturated carbocycles. The molecule has 0 aliphatic rings. The molecule has 0 saturated heterocycles. The Morgan fingerprint density at radius 1 is 1.33 bits per heavy atom. The van der Waals surface area contributed by atoms with Crippen molar-refractivity contribution >= 4 is 17.5 Å². The van der Waals surface area contributed by atoms with Gasteiger partial charge in [0.1, 0.15) is 6.04 Å². The van der Waals surface area contributed by atoms with Gasteiger partial charge in [-0.15, -0.1) is 0 Å². The minimum Gasteiger partial charge on any atom is -0.399 e. The molecular formula is C13H19N3O2. The molecule has 3 N–H and O–H groups in total. The molecule has 0 fully saturated rings. The van der Waals surface area contributed by atoms with E-state index in [0.29, 0.717) is 11.3 Å². The molecule has 0 aromatic heterocycles. The summed E-state index contributed by atoms with van der Waals surface area (Å²) < 4.78 is 0. The van der Waals surface area contributed by atoms with E-state index in [9.17, 15) is 9.59 Å². The van der Waals surface area contributed by atoms with Crippen LogP contribution in [-0.2, 0) is 4.79 Å². The summed E-state index contributed by atoms with van der Waals surface area (Å²) in [6.45, 7) is 3.47. The Hall–Kier alpha value is -2.04. The van der Waals surface area contributed by atoms with Gasteiger partial charge in [0.25, 0.3) is 5.91 Å². The van der Waals surface area contributed by atoms with Gasteiger partial charge in [-0.25, -0.2) is 0 Å². The lowest BCUT2D eigenvalue weighted by Gasteiger charge is -2.18. The molecule has 0 aliphatic carbocycles. The van der Waals surface area contributed by atoms with Crippen LogP contribution in [0, 0.1) is 6.92 Å². The Bertz CT molecular complexity index is 469. The van der Waals surface area contributed by atoms with Gasteiger partial charge in [-0.3, -0.25) is 9.59 Å². The van der Waals surface area contributed by atoms with Crippen molar-refractivity contribution < 1.29 is 9.59 Å². The lowest BCUT2D eigenvalue weighted by atomic mass is 10.1. The summed E-state index contributed by atoms with van der Waals surface area (Å²) in [5.74, 6) is -0.411. The Morgan fingerprint density at radius 3 is 2.44 bits per heavy atom. The number of benzene rings is 1. The molecular weight excluding hydrogens is 230 g/mol. The van der Waals surface area contributed by atoms with E-state index < -0.39 is 6.04 Å². The molecule has 98 valence electrons. The number of carbonyl (C=O) groups is 2. The topological polar surface area (TPSA) is 75.4 Å². The van der Waals surface area contributed by atoms with Crippen LogP contribution in [0.15, 0.2) is 18.2 Å². The number of nitrogens with two attached hydrogens (primary N) is 1. The van der Waals surface area contributed by atoms with E-state index in [4.69, 9.17) is 5.73 Å². The van der Waals surface area contributed by atoms with Crippen LogP contribution in [0.1, 0.15) is 22.8 Å². The van der Waals surface area contributed by atoms with Crippen molar-refractivity contribution in [1.82, 2.24) is 10.2 Å². The van der Waals surface area contributed by atoms with Crippen LogP contribution in [0.3, 0.4) is 0 Å². The summed E-state index contributed by atoms with van der Waals surface area (Å²) in [7, 11) is 3.30.